The summed E-state index contributed by atoms with van der Waals surface area (Å²) in [5, 5.41) is 2.91. The summed E-state index contributed by atoms with van der Waals surface area (Å²) in [6.45, 7) is 3.26. The molecule has 3 heterocycles. The molecule has 2 aliphatic heterocycles. The standard InChI is InChI=1S/C25H20N4O2/c1-2-4-20-19(3-1)22(27-17-7-9-26-10-8-17)16-24-25(20)28-21-6-5-18(15-23(21)31-24)29-11-13-30-14-12-29/h1-10,15-16H,11-14H2/b27-22+. The minimum atomic E-state index is 0.720. The van der Waals surface area contributed by atoms with Gasteiger partial charge in [0, 0.05) is 54.1 Å². The Morgan fingerprint density at radius 1 is 0.871 bits per heavy atom. The third-order valence-electron chi connectivity index (χ3n) is 5.64. The van der Waals surface area contributed by atoms with Gasteiger partial charge >= 0.3 is 0 Å². The molecule has 1 saturated heterocycles. The van der Waals surface area contributed by atoms with Crippen molar-refractivity contribution in [1.82, 2.24) is 9.97 Å². The lowest BCUT2D eigenvalue weighted by Crippen LogP contribution is -2.36. The molecule has 31 heavy (non-hydrogen) atoms. The van der Waals surface area contributed by atoms with Gasteiger partial charge in [-0.25, -0.2) is 9.98 Å². The maximum atomic E-state index is 6.37. The first-order valence-corrected chi connectivity index (χ1v) is 10.4. The van der Waals surface area contributed by atoms with Crippen molar-refractivity contribution >= 4 is 33.2 Å². The molecule has 0 amide bonds. The lowest BCUT2D eigenvalue weighted by molar-refractivity contribution is 0.122. The van der Waals surface area contributed by atoms with E-state index in [-0.39, 0.29) is 0 Å². The van der Waals surface area contributed by atoms with E-state index in [2.05, 4.69) is 34.1 Å². The highest BCUT2D eigenvalue weighted by Gasteiger charge is 2.17. The number of hydrogen-bond acceptors (Lipinski definition) is 6. The fraction of sp³-hybridized carbons (Fsp3) is 0.160. The predicted molar refractivity (Wildman–Crippen MR) is 121 cm³/mol. The summed E-state index contributed by atoms with van der Waals surface area (Å²) in [5.74, 6) is 0.720. The molecule has 1 aliphatic carbocycles. The van der Waals surface area contributed by atoms with Crippen LogP contribution >= 0.6 is 0 Å². The van der Waals surface area contributed by atoms with Crippen molar-refractivity contribution in [2.75, 3.05) is 31.2 Å². The molecule has 0 atom stereocenters. The molecule has 0 saturated carbocycles. The van der Waals surface area contributed by atoms with Crippen LogP contribution in [0.2, 0.25) is 0 Å². The number of rotatable bonds is 2. The van der Waals surface area contributed by atoms with E-state index in [1.807, 2.05) is 36.4 Å². The number of anilines is 1. The maximum Gasteiger partial charge on any atom is 0.155 e. The third kappa shape index (κ3) is 3.31. The van der Waals surface area contributed by atoms with Crippen molar-refractivity contribution in [3.63, 3.8) is 0 Å². The van der Waals surface area contributed by atoms with Crippen LogP contribution in [0.3, 0.4) is 0 Å². The molecule has 0 bridgehead atoms. The van der Waals surface area contributed by atoms with Crippen molar-refractivity contribution in [3.05, 3.63) is 78.4 Å². The van der Waals surface area contributed by atoms with Gasteiger partial charge in [-0.05, 0) is 24.3 Å². The number of ether oxygens (including phenoxy) is 1. The van der Waals surface area contributed by atoms with Crippen LogP contribution < -0.4 is 10.3 Å². The normalized spacial score (nSPS) is 15.2. The van der Waals surface area contributed by atoms with Gasteiger partial charge in [0.2, 0.25) is 0 Å². The Morgan fingerprint density at radius 3 is 2.52 bits per heavy atom. The van der Waals surface area contributed by atoms with Crippen molar-refractivity contribution in [1.29, 1.82) is 0 Å². The van der Waals surface area contributed by atoms with Gasteiger partial charge in [-0.1, -0.05) is 24.3 Å². The van der Waals surface area contributed by atoms with E-state index >= 15 is 0 Å². The summed E-state index contributed by atoms with van der Waals surface area (Å²) < 4.78 is 11.8. The van der Waals surface area contributed by atoms with Crippen LogP contribution in [0.25, 0.3) is 33.3 Å². The highest BCUT2D eigenvalue weighted by molar-refractivity contribution is 5.96. The average Bonchev–Trinajstić information content (AvgIpc) is 2.84. The van der Waals surface area contributed by atoms with Crippen molar-refractivity contribution in [2.24, 2.45) is 4.99 Å². The Balaban J connectivity index is 1.58. The molecular weight excluding hydrogens is 388 g/mol. The van der Waals surface area contributed by atoms with Crippen molar-refractivity contribution in [2.45, 2.75) is 0 Å². The van der Waals surface area contributed by atoms with E-state index < -0.39 is 0 Å². The molecule has 3 aliphatic rings. The second-order valence-corrected chi connectivity index (χ2v) is 7.57. The van der Waals surface area contributed by atoms with Crippen LogP contribution in [-0.2, 0) is 4.74 Å². The van der Waals surface area contributed by atoms with Crippen molar-refractivity contribution in [3.8, 4) is 11.5 Å². The zero-order valence-electron chi connectivity index (χ0n) is 16.9. The summed E-state index contributed by atoms with van der Waals surface area (Å²) in [6.07, 6.45) is 3.49. The molecule has 6 nitrogen and oxygen atoms in total. The summed E-state index contributed by atoms with van der Waals surface area (Å²) in [7, 11) is 0. The molecule has 0 unspecified atom stereocenters. The first-order chi connectivity index (χ1) is 15.3. The summed E-state index contributed by atoms with van der Waals surface area (Å²) in [5.41, 5.74) is 4.43. The second-order valence-electron chi connectivity index (χ2n) is 7.57. The molecule has 0 spiro atoms. The summed E-state index contributed by atoms with van der Waals surface area (Å²) in [4.78, 5) is 16.2. The second kappa shape index (κ2) is 7.49. The van der Waals surface area contributed by atoms with Gasteiger partial charge in [0.15, 0.2) is 11.3 Å². The Morgan fingerprint density at radius 2 is 1.68 bits per heavy atom. The Hall–Kier alpha value is -3.77. The lowest BCUT2D eigenvalue weighted by atomic mass is 10.0. The number of nitrogens with zero attached hydrogens (tertiary/aromatic N) is 4. The quantitative estimate of drug-likeness (QED) is 0.317. The highest BCUT2D eigenvalue weighted by Crippen LogP contribution is 2.32. The van der Waals surface area contributed by atoms with E-state index in [9.17, 15) is 0 Å². The van der Waals surface area contributed by atoms with Crippen LogP contribution in [-0.4, -0.2) is 36.3 Å². The van der Waals surface area contributed by atoms with E-state index in [0.29, 0.717) is 0 Å². The van der Waals surface area contributed by atoms with Gasteiger partial charge in [-0.3, -0.25) is 4.98 Å². The summed E-state index contributed by atoms with van der Waals surface area (Å²) >= 11 is 0. The number of morpholine rings is 1. The lowest BCUT2D eigenvalue weighted by Gasteiger charge is -2.28. The van der Waals surface area contributed by atoms with Crippen LogP contribution in [0.15, 0.2) is 82.5 Å². The van der Waals surface area contributed by atoms with Gasteiger partial charge in [0.05, 0.1) is 24.3 Å². The van der Waals surface area contributed by atoms with Crippen LogP contribution in [0, 0.1) is 0 Å². The predicted octanol–water partition coefficient (Wildman–Crippen LogP) is 4.55. The minimum Gasteiger partial charge on any atom is -0.453 e. The monoisotopic (exact) mass is 408 g/mol. The number of hydrogen-bond donors (Lipinski definition) is 0. The Bertz CT molecular complexity index is 1420. The highest BCUT2D eigenvalue weighted by atomic mass is 16.5. The third-order valence-corrected chi connectivity index (χ3v) is 5.64. The van der Waals surface area contributed by atoms with Gasteiger partial charge in [-0.2, -0.15) is 0 Å². The SMILES string of the molecule is c1ccc2/c(=N/c3ccncc3)cc3oc4cc(N5CCOCC5)ccc4nc-3c2c1. The van der Waals surface area contributed by atoms with E-state index in [0.717, 1.165) is 76.4 Å². The smallest absolute Gasteiger partial charge is 0.155 e. The molecule has 0 radical (unpaired) electrons. The molecule has 3 aromatic rings. The van der Waals surface area contributed by atoms with Gasteiger partial charge < -0.3 is 14.1 Å². The molecule has 1 aromatic heterocycles. The van der Waals surface area contributed by atoms with E-state index in [4.69, 9.17) is 19.1 Å². The first-order valence-electron chi connectivity index (χ1n) is 10.4. The number of benzene rings is 3. The molecule has 2 aromatic carbocycles. The molecule has 0 N–H and O–H groups in total. The fourth-order valence-electron chi connectivity index (χ4n) is 4.09. The van der Waals surface area contributed by atoms with Gasteiger partial charge in [0.1, 0.15) is 11.2 Å². The number of aromatic nitrogens is 2. The van der Waals surface area contributed by atoms with E-state index in [1.165, 1.54) is 0 Å². The fourth-order valence-corrected chi connectivity index (χ4v) is 4.09. The van der Waals surface area contributed by atoms with Gasteiger partial charge in [-0.15, -0.1) is 0 Å². The molecule has 152 valence electrons. The largest absolute Gasteiger partial charge is 0.453 e. The van der Waals surface area contributed by atoms with Crippen molar-refractivity contribution < 1.29 is 9.15 Å². The first kappa shape index (κ1) is 18.0. The zero-order chi connectivity index (χ0) is 20.6. The zero-order valence-corrected chi connectivity index (χ0v) is 16.9. The summed E-state index contributed by atoms with van der Waals surface area (Å²) in [6, 6.07) is 20.2. The Kier molecular flexibility index (Phi) is 4.35. The number of fused-ring (bicyclic) bond motifs is 4. The Labute approximate surface area is 178 Å². The van der Waals surface area contributed by atoms with Crippen LogP contribution in [0.1, 0.15) is 0 Å². The minimum absolute atomic E-state index is 0.720. The topological polar surface area (TPSA) is 63.8 Å². The van der Waals surface area contributed by atoms with Crippen LogP contribution in [0.4, 0.5) is 11.4 Å². The van der Waals surface area contributed by atoms with Gasteiger partial charge in [0.25, 0.3) is 0 Å². The van der Waals surface area contributed by atoms with E-state index in [1.54, 1.807) is 12.4 Å². The number of pyridine rings is 1. The molecule has 6 heteroatoms. The molecule has 6 rings (SSSR count). The molecular formula is C25H20N4O2. The van der Waals surface area contributed by atoms with Crippen LogP contribution in [0.5, 0.6) is 0 Å². The maximum absolute atomic E-state index is 6.37. The average molecular weight is 408 g/mol. The molecule has 1 fully saturated rings.